The van der Waals surface area contributed by atoms with Crippen LogP contribution in [0.25, 0.3) is 0 Å². The maximum Gasteiger partial charge on any atom is 0.389 e. The van der Waals surface area contributed by atoms with E-state index in [0.29, 0.717) is 11.8 Å². The van der Waals surface area contributed by atoms with E-state index in [4.69, 9.17) is 4.74 Å². The molecule has 0 bridgehead atoms. The molecule has 0 aliphatic carbocycles. The van der Waals surface area contributed by atoms with Gasteiger partial charge in [0.2, 0.25) is 0 Å². The molecule has 0 aromatic heterocycles. The van der Waals surface area contributed by atoms with Crippen molar-refractivity contribution in [1.29, 1.82) is 0 Å². The van der Waals surface area contributed by atoms with Gasteiger partial charge in [-0.1, -0.05) is 104 Å². The van der Waals surface area contributed by atoms with Crippen molar-refractivity contribution in [3.05, 3.63) is 0 Å². The Morgan fingerprint density at radius 3 is 1.18 bits per heavy atom. The lowest BCUT2D eigenvalue weighted by Crippen LogP contribution is -2.09. The standard InChI is InChI=1S/C24H47F3O/c1-23(2,3)20-22-28-21-18-16-14-12-10-8-6-4-5-7-9-11-13-15-17-19-24(25,26)27/h4-22H2,1-3H3. The normalized spacial score (nSPS) is 12.6. The van der Waals surface area contributed by atoms with Crippen LogP contribution >= 0.6 is 0 Å². The van der Waals surface area contributed by atoms with Crippen LogP contribution in [-0.4, -0.2) is 19.4 Å². The minimum absolute atomic E-state index is 0.299. The number of alkyl halides is 3. The lowest BCUT2D eigenvalue weighted by Gasteiger charge is -2.17. The number of ether oxygens (including phenoxy) is 1. The maximum absolute atomic E-state index is 12.0. The number of hydrogen-bond donors (Lipinski definition) is 0. The van der Waals surface area contributed by atoms with Crippen LogP contribution in [0, 0.1) is 5.41 Å². The number of rotatable bonds is 19. The zero-order chi connectivity index (χ0) is 21.1. The van der Waals surface area contributed by atoms with Crippen LogP contribution < -0.4 is 0 Å². The van der Waals surface area contributed by atoms with E-state index in [0.717, 1.165) is 38.9 Å². The van der Waals surface area contributed by atoms with Gasteiger partial charge in [-0.15, -0.1) is 0 Å². The second-order valence-electron chi connectivity index (χ2n) is 9.59. The molecule has 0 radical (unpaired) electrons. The van der Waals surface area contributed by atoms with Crippen molar-refractivity contribution in [2.45, 2.75) is 136 Å². The highest BCUT2D eigenvalue weighted by molar-refractivity contribution is 4.60. The Kier molecular flexibility index (Phi) is 17.4. The molecule has 0 aliphatic heterocycles. The van der Waals surface area contributed by atoms with Gasteiger partial charge in [-0.05, 0) is 24.7 Å². The van der Waals surface area contributed by atoms with Crippen LogP contribution in [0.3, 0.4) is 0 Å². The first-order chi connectivity index (χ1) is 13.2. The lowest BCUT2D eigenvalue weighted by atomic mass is 9.93. The molecule has 0 heterocycles. The predicted octanol–water partition coefficient (Wildman–Crippen LogP) is 9.24. The number of halogens is 3. The summed E-state index contributed by atoms with van der Waals surface area (Å²) in [6.07, 6.45) is 13.8. The molecule has 0 spiro atoms. The van der Waals surface area contributed by atoms with Gasteiger partial charge in [0, 0.05) is 19.6 Å². The van der Waals surface area contributed by atoms with E-state index in [-0.39, 0.29) is 0 Å². The molecule has 4 heteroatoms. The zero-order valence-electron chi connectivity index (χ0n) is 19.0. The highest BCUT2D eigenvalue weighted by Crippen LogP contribution is 2.23. The first-order valence-electron chi connectivity index (χ1n) is 11.9. The van der Waals surface area contributed by atoms with Crippen molar-refractivity contribution < 1.29 is 17.9 Å². The van der Waals surface area contributed by atoms with Crippen molar-refractivity contribution in [3.8, 4) is 0 Å². The Hall–Kier alpha value is -0.250. The van der Waals surface area contributed by atoms with Gasteiger partial charge in [0.05, 0.1) is 0 Å². The average Bonchev–Trinajstić information content (AvgIpc) is 2.58. The molecule has 0 fully saturated rings. The molecule has 0 aromatic rings. The van der Waals surface area contributed by atoms with Crippen molar-refractivity contribution in [1.82, 2.24) is 0 Å². The Balaban J connectivity index is 3.07. The van der Waals surface area contributed by atoms with Crippen LogP contribution in [0.15, 0.2) is 0 Å². The summed E-state index contributed by atoms with van der Waals surface area (Å²) in [5, 5.41) is 0. The fourth-order valence-corrected chi connectivity index (χ4v) is 3.31. The lowest BCUT2D eigenvalue weighted by molar-refractivity contribution is -0.135. The first-order valence-corrected chi connectivity index (χ1v) is 11.9. The largest absolute Gasteiger partial charge is 0.389 e. The van der Waals surface area contributed by atoms with Gasteiger partial charge in [0.1, 0.15) is 0 Å². The maximum atomic E-state index is 12.0. The molecule has 0 saturated heterocycles. The smallest absolute Gasteiger partial charge is 0.381 e. The van der Waals surface area contributed by atoms with Gasteiger partial charge in [0.25, 0.3) is 0 Å². The van der Waals surface area contributed by atoms with Gasteiger partial charge in [0.15, 0.2) is 0 Å². The van der Waals surface area contributed by atoms with Crippen LogP contribution in [0.5, 0.6) is 0 Å². The first kappa shape index (κ1) is 27.8. The molecule has 0 amide bonds. The summed E-state index contributed by atoms with van der Waals surface area (Å²) in [7, 11) is 0. The molecule has 0 aromatic carbocycles. The fourth-order valence-electron chi connectivity index (χ4n) is 3.31. The summed E-state index contributed by atoms with van der Waals surface area (Å²) in [5.41, 5.74) is 0.375. The van der Waals surface area contributed by atoms with Crippen molar-refractivity contribution >= 4 is 0 Å². The van der Waals surface area contributed by atoms with Gasteiger partial charge in [-0.2, -0.15) is 13.2 Å². The third-order valence-corrected chi connectivity index (χ3v) is 5.25. The predicted molar refractivity (Wildman–Crippen MR) is 115 cm³/mol. The Morgan fingerprint density at radius 1 is 0.464 bits per heavy atom. The number of unbranched alkanes of at least 4 members (excludes halogenated alkanes) is 14. The van der Waals surface area contributed by atoms with Crippen molar-refractivity contribution in [2.75, 3.05) is 13.2 Å². The van der Waals surface area contributed by atoms with Crippen molar-refractivity contribution in [2.24, 2.45) is 5.41 Å². The van der Waals surface area contributed by atoms with E-state index in [1.54, 1.807) is 0 Å². The Bertz CT molecular complexity index is 289. The molecule has 0 aliphatic rings. The summed E-state index contributed by atoms with van der Waals surface area (Å²) in [5.74, 6) is 0. The SMILES string of the molecule is CC(C)(C)CCOCCCCCCCCCCCCCCCCCC(F)(F)F. The molecule has 170 valence electrons. The highest BCUT2D eigenvalue weighted by atomic mass is 19.4. The summed E-state index contributed by atoms with van der Waals surface area (Å²) in [6.45, 7) is 8.56. The van der Waals surface area contributed by atoms with Crippen LogP contribution in [0.2, 0.25) is 0 Å². The van der Waals surface area contributed by atoms with Crippen molar-refractivity contribution in [3.63, 3.8) is 0 Å². The monoisotopic (exact) mass is 408 g/mol. The van der Waals surface area contributed by atoms with Crippen LogP contribution in [-0.2, 0) is 4.74 Å². The zero-order valence-corrected chi connectivity index (χ0v) is 19.0. The summed E-state index contributed by atoms with van der Waals surface area (Å²) < 4.78 is 41.7. The molecule has 0 rings (SSSR count). The molecule has 0 saturated carbocycles. The van der Waals surface area contributed by atoms with E-state index in [1.807, 2.05) is 0 Å². The van der Waals surface area contributed by atoms with Gasteiger partial charge >= 0.3 is 6.18 Å². The fraction of sp³-hybridized carbons (Fsp3) is 1.00. The van der Waals surface area contributed by atoms with E-state index >= 15 is 0 Å². The van der Waals surface area contributed by atoms with Gasteiger partial charge in [-0.25, -0.2) is 0 Å². The third-order valence-electron chi connectivity index (χ3n) is 5.25. The highest BCUT2D eigenvalue weighted by Gasteiger charge is 2.25. The summed E-state index contributed by atoms with van der Waals surface area (Å²) >= 11 is 0. The van der Waals surface area contributed by atoms with Crippen LogP contribution in [0.4, 0.5) is 13.2 Å². The minimum Gasteiger partial charge on any atom is -0.381 e. The summed E-state index contributed by atoms with van der Waals surface area (Å²) in [4.78, 5) is 0. The molecular formula is C24H47F3O. The molecule has 0 unspecified atom stereocenters. The molecule has 28 heavy (non-hydrogen) atoms. The van der Waals surface area contributed by atoms with E-state index in [1.165, 1.54) is 70.6 Å². The van der Waals surface area contributed by atoms with E-state index in [2.05, 4.69) is 20.8 Å². The van der Waals surface area contributed by atoms with E-state index < -0.39 is 12.6 Å². The Labute approximate surface area is 173 Å². The van der Waals surface area contributed by atoms with Gasteiger partial charge in [-0.3, -0.25) is 0 Å². The molecule has 0 atom stereocenters. The average molecular weight is 409 g/mol. The topological polar surface area (TPSA) is 9.23 Å². The van der Waals surface area contributed by atoms with Gasteiger partial charge < -0.3 is 4.74 Å². The second kappa shape index (κ2) is 17.6. The molecular weight excluding hydrogens is 361 g/mol. The molecule has 0 N–H and O–H groups in total. The summed E-state index contributed by atoms with van der Waals surface area (Å²) in [6, 6.07) is 0. The molecule has 1 nitrogen and oxygen atoms in total. The minimum atomic E-state index is -3.97. The third kappa shape index (κ3) is 25.8. The second-order valence-corrected chi connectivity index (χ2v) is 9.59. The van der Waals surface area contributed by atoms with E-state index in [9.17, 15) is 13.2 Å². The quantitative estimate of drug-likeness (QED) is 0.193. The number of hydrogen-bond acceptors (Lipinski definition) is 1. The Morgan fingerprint density at radius 2 is 0.821 bits per heavy atom. The van der Waals surface area contributed by atoms with Crippen LogP contribution in [0.1, 0.15) is 130 Å².